The Balaban J connectivity index is 1.81. The number of aromatic hydroxyl groups is 1. The first-order chi connectivity index (χ1) is 11.6. The number of hydrogen-bond donors (Lipinski definition) is 2. The zero-order chi connectivity index (χ0) is 16.7. The zero-order valence-electron chi connectivity index (χ0n) is 12.6. The standard InChI is InChI=1S/C18H14FN3O2/c19-12-2-1-3-13(8-12)22-18-16(10-20-22)15(9-17(24)21-18)11-4-6-14(23)7-5-11/h1-8,10,15,23H,9H2,(H,21,24). The van der Waals surface area contributed by atoms with Crippen molar-refractivity contribution in [3.05, 3.63) is 71.7 Å². The van der Waals surface area contributed by atoms with Gasteiger partial charge < -0.3 is 10.4 Å². The molecule has 0 radical (unpaired) electrons. The van der Waals surface area contributed by atoms with Gasteiger partial charge in [0, 0.05) is 17.9 Å². The first kappa shape index (κ1) is 14.4. The molecule has 2 heterocycles. The molecule has 1 atom stereocenters. The quantitative estimate of drug-likeness (QED) is 0.761. The number of carbonyl (C=O) groups is 1. The van der Waals surface area contributed by atoms with Crippen LogP contribution in [0.15, 0.2) is 54.7 Å². The molecule has 1 amide bonds. The molecule has 24 heavy (non-hydrogen) atoms. The Bertz CT molecular complexity index is 918. The molecule has 2 N–H and O–H groups in total. The summed E-state index contributed by atoms with van der Waals surface area (Å²) < 4.78 is 15.0. The second-order valence-electron chi connectivity index (χ2n) is 5.74. The van der Waals surface area contributed by atoms with E-state index in [2.05, 4.69) is 10.4 Å². The Morgan fingerprint density at radius 1 is 1.21 bits per heavy atom. The maximum absolute atomic E-state index is 13.5. The Kier molecular flexibility index (Phi) is 3.30. The molecule has 0 fully saturated rings. The fourth-order valence-corrected chi connectivity index (χ4v) is 3.03. The number of hydrogen-bond acceptors (Lipinski definition) is 3. The monoisotopic (exact) mass is 323 g/mol. The van der Waals surface area contributed by atoms with Crippen LogP contribution in [-0.4, -0.2) is 20.8 Å². The van der Waals surface area contributed by atoms with E-state index in [0.29, 0.717) is 17.9 Å². The van der Waals surface area contributed by atoms with Crippen molar-refractivity contribution < 1.29 is 14.3 Å². The number of aromatic nitrogens is 2. The summed E-state index contributed by atoms with van der Waals surface area (Å²) in [6, 6.07) is 12.8. The summed E-state index contributed by atoms with van der Waals surface area (Å²) in [7, 11) is 0. The highest BCUT2D eigenvalue weighted by Gasteiger charge is 2.30. The first-order valence-corrected chi connectivity index (χ1v) is 7.54. The van der Waals surface area contributed by atoms with Gasteiger partial charge in [0.05, 0.1) is 11.9 Å². The number of nitrogens with one attached hydrogen (secondary N) is 1. The maximum atomic E-state index is 13.5. The maximum Gasteiger partial charge on any atom is 0.226 e. The minimum Gasteiger partial charge on any atom is -0.508 e. The normalized spacial score (nSPS) is 16.5. The Labute approximate surface area is 137 Å². The van der Waals surface area contributed by atoms with E-state index in [1.807, 2.05) is 0 Å². The van der Waals surface area contributed by atoms with Crippen LogP contribution in [0.1, 0.15) is 23.5 Å². The van der Waals surface area contributed by atoms with Crippen LogP contribution in [0.4, 0.5) is 10.2 Å². The molecule has 0 aliphatic carbocycles. The van der Waals surface area contributed by atoms with Crippen molar-refractivity contribution in [1.82, 2.24) is 9.78 Å². The van der Waals surface area contributed by atoms with E-state index in [1.54, 1.807) is 42.6 Å². The van der Waals surface area contributed by atoms with Gasteiger partial charge in [0.25, 0.3) is 0 Å². The average Bonchev–Trinajstić information content (AvgIpc) is 2.98. The van der Waals surface area contributed by atoms with Crippen molar-refractivity contribution in [2.45, 2.75) is 12.3 Å². The van der Waals surface area contributed by atoms with Gasteiger partial charge in [-0.05, 0) is 35.9 Å². The highest BCUT2D eigenvalue weighted by Crippen LogP contribution is 2.38. The first-order valence-electron chi connectivity index (χ1n) is 7.54. The van der Waals surface area contributed by atoms with Crippen LogP contribution >= 0.6 is 0 Å². The van der Waals surface area contributed by atoms with Gasteiger partial charge in [-0.1, -0.05) is 18.2 Å². The molecule has 0 saturated heterocycles. The molecular formula is C18H14FN3O2. The number of rotatable bonds is 2. The molecule has 4 rings (SSSR count). The van der Waals surface area contributed by atoms with Crippen LogP contribution in [0.5, 0.6) is 5.75 Å². The molecule has 0 saturated carbocycles. The smallest absolute Gasteiger partial charge is 0.226 e. The van der Waals surface area contributed by atoms with E-state index in [-0.39, 0.29) is 23.4 Å². The number of fused-ring (bicyclic) bond motifs is 1. The van der Waals surface area contributed by atoms with Crippen molar-refractivity contribution in [2.75, 3.05) is 5.32 Å². The summed E-state index contributed by atoms with van der Waals surface area (Å²) >= 11 is 0. The van der Waals surface area contributed by atoms with Crippen molar-refractivity contribution in [1.29, 1.82) is 0 Å². The number of phenols is 1. The van der Waals surface area contributed by atoms with Crippen LogP contribution in [0, 0.1) is 5.82 Å². The van der Waals surface area contributed by atoms with E-state index in [1.165, 1.54) is 16.8 Å². The SMILES string of the molecule is O=C1CC(c2ccc(O)cc2)c2cnn(-c3cccc(F)c3)c2N1. The lowest BCUT2D eigenvalue weighted by atomic mass is 9.87. The summed E-state index contributed by atoms with van der Waals surface area (Å²) in [4.78, 5) is 12.1. The lowest BCUT2D eigenvalue weighted by molar-refractivity contribution is -0.116. The van der Waals surface area contributed by atoms with Gasteiger partial charge in [0.2, 0.25) is 5.91 Å². The minimum atomic E-state index is -0.367. The van der Waals surface area contributed by atoms with Gasteiger partial charge in [-0.2, -0.15) is 5.10 Å². The Morgan fingerprint density at radius 2 is 2.00 bits per heavy atom. The van der Waals surface area contributed by atoms with E-state index in [0.717, 1.165) is 11.1 Å². The zero-order valence-corrected chi connectivity index (χ0v) is 12.6. The second-order valence-corrected chi connectivity index (χ2v) is 5.74. The summed E-state index contributed by atoms with van der Waals surface area (Å²) in [5, 5.41) is 16.6. The molecule has 5 nitrogen and oxygen atoms in total. The lowest BCUT2D eigenvalue weighted by Crippen LogP contribution is -2.24. The van der Waals surface area contributed by atoms with E-state index in [9.17, 15) is 14.3 Å². The fourth-order valence-electron chi connectivity index (χ4n) is 3.03. The Hall–Kier alpha value is -3.15. The molecule has 2 aromatic carbocycles. The largest absolute Gasteiger partial charge is 0.508 e. The highest BCUT2D eigenvalue weighted by molar-refractivity contribution is 5.94. The molecule has 120 valence electrons. The highest BCUT2D eigenvalue weighted by atomic mass is 19.1. The molecule has 0 spiro atoms. The number of amides is 1. The molecule has 1 aliphatic heterocycles. The van der Waals surface area contributed by atoms with E-state index in [4.69, 9.17) is 0 Å². The van der Waals surface area contributed by atoms with E-state index < -0.39 is 0 Å². The molecule has 1 aromatic heterocycles. The van der Waals surface area contributed by atoms with Crippen LogP contribution in [0.25, 0.3) is 5.69 Å². The third-order valence-electron chi connectivity index (χ3n) is 4.17. The number of halogens is 1. The topological polar surface area (TPSA) is 67.1 Å². The van der Waals surface area contributed by atoms with Crippen LogP contribution < -0.4 is 5.32 Å². The van der Waals surface area contributed by atoms with Crippen LogP contribution in [0.2, 0.25) is 0 Å². The summed E-state index contributed by atoms with van der Waals surface area (Å²) in [6.45, 7) is 0. The summed E-state index contributed by atoms with van der Waals surface area (Å²) in [6.07, 6.45) is 1.99. The van der Waals surface area contributed by atoms with Gasteiger partial charge >= 0.3 is 0 Å². The molecular weight excluding hydrogens is 309 g/mol. The summed E-state index contributed by atoms with van der Waals surface area (Å²) in [5.74, 6) is 0.0778. The molecule has 3 aromatic rings. The number of carbonyl (C=O) groups excluding carboxylic acids is 1. The summed E-state index contributed by atoms with van der Waals surface area (Å²) in [5.41, 5.74) is 2.33. The molecule has 0 bridgehead atoms. The predicted molar refractivity (Wildman–Crippen MR) is 86.7 cm³/mol. The van der Waals surface area contributed by atoms with Crippen molar-refractivity contribution in [2.24, 2.45) is 0 Å². The van der Waals surface area contributed by atoms with Crippen molar-refractivity contribution in [3.8, 4) is 11.4 Å². The van der Waals surface area contributed by atoms with Crippen molar-refractivity contribution in [3.63, 3.8) is 0 Å². The van der Waals surface area contributed by atoms with Gasteiger partial charge in [0.15, 0.2) is 0 Å². The van der Waals surface area contributed by atoms with Crippen LogP contribution in [0.3, 0.4) is 0 Å². The van der Waals surface area contributed by atoms with Crippen molar-refractivity contribution >= 4 is 11.7 Å². The average molecular weight is 323 g/mol. The molecule has 1 unspecified atom stereocenters. The fraction of sp³-hybridized carbons (Fsp3) is 0.111. The van der Waals surface area contributed by atoms with Gasteiger partial charge in [-0.15, -0.1) is 0 Å². The number of phenolic OH excluding ortho intramolecular Hbond substituents is 1. The third-order valence-corrected chi connectivity index (χ3v) is 4.17. The predicted octanol–water partition coefficient (Wildman–Crippen LogP) is 3.19. The minimum absolute atomic E-state index is 0.126. The third kappa shape index (κ3) is 2.42. The van der Waals surface area contributed by atoms with Gasteiger partial charge in [-0.25, -0.2) is 9.07 Å². The number of benzene rings is 2. The lowest BCUT2D eigenvalue weighted by Gasteiger charge is -2.23. The number of anilines is 1. The molecule has 6 heteroatoms. The van der Waals surface area contributed by atoms with Gasteiger partial charge in [0.1, 0.15) is 17.4 Å². The molecule has 1 aliphatic rings. The second kappa shape index (κ2) is 5.49. The number of nitrogens with zero attached hydrogens (tertiary/aromatic N) is 2. The van der Waals surface area contributed by atoms with Gasteiger partial charge in [-0.3, -0.25) is 4.79 Å². The van der Waals surface area contributed by atoms with E-state index >= 15 is 0 Å². The van der Waals surface area contributed by atoms with Crippen LogP contribution in [-0.2, 0) is 4.79 Å². The Morgan fingerprint density at radius 3 is 2.75 bits per heavy atom.